The van der Waals surface area contributed by atoms with Gasteiger partial charge in [0.25, 0.3) is 0 Å². The van der Waals surface area contributed by atoms with E-state index in [0.717, 1.165) is 17.8 Å². The maximum absolute atomic E-state index is 11.7. The second-order valence-corrected chi connectivity index (χ2v) is 8.77. The highest BCUT2D eigenvalue weighted by atomic mass is 32.2. The molecule has 0 fully saturated rings. The summed E-state index contributed by atoms with van der Waals surface area (Å²) in [6.07, 6.45) is 1.90. The SMILES string of the molecule is CSc1nc(Nc2cc(C(C)=O)ccc2C)c(C#N)c(N(C)CC(C)(C)C)n1. The first-order valence-electron chi connectivity index (χ1n) is 9.01. The van der Waals surface area contributed by atoms with E-state index in [1.54, 1.807) is 12.1 Å². The lowest BCUT2D eigenvalue weighted by atomic mass is 9.96. The standard InChI is InChI=1S/C21H27N5OS/c1-13-8-9-15(14(2)27)10-17(13)23-18-16(11-22)19(25-20(24-18)28-7)26(6)12-21(3,4)5/h8-10H,12H2,1-7H3,(H,23,24,25). The normalized spacial score (nSPS) is 11.1. The molecular weight excluding hydrogens is 370 g/mol. The lowest BCUT2D eigenvalue weighted by Gasteiger charge is -2.28. The molecule has 148 valence electrons. The van der Waals surface area contributed by atoms with Crippen LogP contribution in [0, 0.1) is 23.7 Å². The van der Waals surface area contributed by atoms with E-state index < -0.39 is 0 Å². The van der Waals surface area contributed by atoms with Crippen LogP contribution in [0.1, 0.15) is 49.2 Å². The number of nitrogens with zero attached hydrogens (tertiary/aromatic N) is 4. The number of thioether (sulfide) groups is 1. The van der Waals surface area contributed by atoms with Crippen molar-refractivity contribution < 1.29 is 4.79 Å². The molecule has 0 radical (unpaired) electrons. The molecular formula is C21H27N5OS. The van der Waals surface area contributed by atoms with Gasteiger partial charge in [-0.2, -0.15) is 5.26 Å². The fourth-order valence-electron chi connectivity index (χ4n) is 2.88. The van der Waals surface area contributed by atoms with Crippen LogP contribution in [-0.2, 0) is 0 Å². The number of Topliss-reactive ketones (excluding diaryl/α,β-unsaturated/α-hetero) is 1. The van der Waals surface area contributed by atoms with Crippen molar-refractivity contribution in [1.82, 2.24) is 9.97 Å². The second-order valence-electron chi connectivity index (χ2n) is 8.00. The summed E-state index contributed by atoms with van der Waals surface area (Å²) >= 11 is 1.42. The fourth-order valence-corrected chi connectivity index (χ4v) is 3.24. The molecule has 0 bridgehead atoms. The number of anilines is 3. The van der Waals surface area contributed by atoms with Crippen molar-refractivity contribution in [3.63, 3.8) is 0 Å². The number of nitrogens with one attached hydrogen (secondary N) is 1. The van der Waals surface area contributed by atoms with Crippen molar-refractivity contribution in [3.05, 3.63) is 34.9 Å². The molecule has 1 N–H and O–H groups in total. The van der Waals surface area contributed by atoms with Gasteiger partial charge in [-0.05, 0) is 37.1 Å². The van der Waals surface area contributed by atoms with Gasteiger partial charge in [0.1, 0.15) is 11.6 Å². The Hall–Kier alpha value is -2.59. The molecule has 0 unspecified atom stereocenters. The molecule has 6 nitrogen and oxygen atoms in total. The number of hydrogen-bond donors (Lipinski definition) is 1. The van der Waals surface area contributed by atoms with Crippen molar-refractivity contribution in [1.29, 1.82) is 5.26 Å². The van der Waals surface area contributed by atoms with Crippen molar-refractivity contribution in [2.75, 3.05) is 30.1 Å². The molecule has 0 saturated heterocycles. The molecule has 2 aromatic rings. The maximum Gasteiger partial charge on any atom is 0.191 e. The Bertz CT molecular complexity index is 928. The van der Waals surface area contributed by atoms with E-state index in [0.29, 0.717) is 27.9 Å². The molecule has 0 aliphatic rings. The van der Waals surface area contributed by atoms with E-state index in [9.17, 15) is 10.1 Å². The molecule has 1 aromatic heterocycles. The third-order valence-electron chi connectivity index (χ3n) is 4.13. The molecule has 2 rings (SSSR count). The van der Waals surface area contributed by atoms with E-state index in [4.69, 9.17) is 0 Å². The third-order valence-corrected chi connectivity index (χ3v) is 4.68. The van der Waals surface area contributed by atoms with Crippen LogP contribution in [0.4, 0.5) is 17.3 Å². The lowest BCUT2D eigenvalue weighted by molar-refractivity contribution is 0.101. The molecule has 0 spiro atoms. The van der Waals surface area contributed by atoms with Gasteiger partial charge < -0.3 is 10.2 Å². The molecule has 0 aliphatic carbocycles. The highest BCUT2D eigenvalue weighted by molar-refractivity contribution is 7.98. The zero-order valence-electron chi connectivity index (χ0n) is 17.5. The van der Waals surface area contributed by atoms with E-state index in [1.165, 1.54) is 18.7 Å². The number of aromatic nitrogens is 2. The average molecular weight is 398 g/mol. The number of nitriles is 1. The first-order chi connectivity index (χ1) is 13.1. The quantitative estimate of drug-likeness (QED) is 0.425. The van der Waals surface area contributed by atoms with Crippen LogP contribution >= 0.6 is 11.8 Å². The van der Waals surface area contributed by atoms with Crippen molar-refractivity contribution in [3.8, 4) is 6.07 Å². The predicted molar refractivity (Wildman–Crippen MR) is 116 cm³/mol. The summed E-state index contributed by atoms with van der Waals surface area (Å²) in [7, 11) is 1.93. The monoisotopic (exact) mass is 397 g/mol. The highest BCUT2D eigenvalue weighted by Gasteiger charge is 2.22. The number of carbonyl (C=O) groups is 1. The number of ketones is 1. The van der Waals surface area contributed by atoms with Gasteiger partial charge in [-0.3, -0.25) is 4.79 Å². The smallest absolute Gasteiger partial charge is 0.191 e. The van der Waals surface area contributed by atoms with Crippen LogP contribution in [0.15, 0.2) is 23.4 Å². The van der Waals surface area contributed by atoms with E-state index >= 15 is 0 Å². The molecule has 7 heteroatoms. The summed E-state index contributed by atoms with van der Waals surface area (Å²) in [6, 6.07) is 7.72. The number of benzene rings is 1. The van der Waals surface area contributed by atoms with E-state index in [1.807, 2.05) is 31.2 Å². The minimum atomic E-state index is -0.0124. The van der Waals surface area contributed by atoms with E-state index in [2.05, 4.69) is 42.1 Å². The Morgan fingerprint density at radius 3 is 2.54 bits per heavy atom. The summed E-state index contributed by atoms with van der Waals surface area (Å²) in [5, 5.41) is 13.7. The number of rotatable bonds is 6. The number of hydrogen-bond acceptors (Lipinski definition) is 7. The Balaban J connectivity index is 2.56. The van der Waals surface area contributed by atoms with Crippen LogP contribution in [0.3, 0.4) is 0 Å². The Kier molecular flexibility index (Phi) is 6.68. The Morgan fingerprint density at radius 2 is 2.00 bits per heavy atom. The van der Waals surface area contributed by atoms with Crippen molar-refractivity contribution >= 4 is 34.9 Å². The van der Waals surface area contributed by atoms with Gasteiger partial charge in [-0.25, -0.2) is 9.97 Å². The topological polar surface area (TPSA) is 81.9 Å². The summed E-state index contributed by atoms with van der Waals surface area (Å²) in [5.74, 6) is 1.03. The molecule has 0 atom stereocenters. The van der Waals surface area contributed by atoms with E-state index in [-0.39, 0.29) is 11.2 Å². The lowest BCUT2D eigenvalue weighted by Crippen LogP contribution is -2.30. The third kappa shape index (κ3) is 5.23. The van der Waals surface area contributed by atoms with Gasteiger partial charge in [0.15, 0.2) is 22.6 Å². The van der Waals surface area contributed by atoms with Crippen LogP contribution in [-0.4, -0.2) is 35.6 Å². The molecule has 0 saturated carbocycles. The minimum Gasteiger partial charge on any atom is -0.358 e. The van der Waals surface area contributed by atoms with Gasteiger partial charge in [-0.1, -0.05) is 44.7 Å². The first kappa shape index (κ1) is 21.7. The van der Waals surface area contributed by atoms with Gasteiger partial charge in [0.2, 0.25) is 0 Å². The predicted octanol–water partition coefficient (Wildman–Crippen LogP) is 4.81. The summed E-state index contributed by atoms with van der Waals surface area (Å²) in [5.41, 5.74) is 2.75. The molecule has 1 heterocycles. The van der Waals surface area contributed by atoms with Crippen LogP contribution in [0.5, 0.6) is 0 Å². The van der Waals surface area contributed by atoms with Crippen LogP contribution in [0.25, 0.3) is 0 Å². The second kappa shape index (κ2) is 8.61. The van der Waals surface area contributed by atoms with Gasteiger partial charge in [0, 0.05) is 24.8 Å². The molecule has 0 aliphatic heterocycles. The largest absolute Gasteiger partial charge is 0.358 e. The van der Waals surface area contributed by atoms with Gasteiger partial charge >= 0.3 is 0 Å². The van der Waals surface area contributed by atoms with Crippen LogP contribution < -0.4 is 10.2 Å². The summed E-state index contributed by atoms with van der Waals surface area (Å²) < 4.78 is 0. The van der Waals surface area contributed by atoms with Gasteiger partial charge in [0.05, 0.1) is 0 Å². The van der Waals surface area contributed by atoms with Gasteiger partial charge in [-0.15, -0.1) is 0 Å². The Labute approximate surface area is 171 Å². The molecule has 0 amide bonds. The number of carbonyl (C=O) groups excluding carboxylic acids is 1. The molecule has 28 heavy (non-hydrogen) atoms. The zero-order chi connectivity index (χ0) is 21.1. The molecule has 1 aromatic carbocycles. The maximum atomic E-state index is 11.7. The van der Waals surface area contributed by atoms with Crippen molar-refractivity contribution in [2.24, 2.45) is 5.41 Å². The minimum absolute atomic E-state index is 0.0124. The zero-order valence-corrected chi connectivity index (χ0v) is 18.4. The first-order valence-corrected chi connectivity index (χ1v) is 10.2. The number of aryl methyl sites for hydroxylation is 1. The average Bonchev–Trinajstić information content (AvgIpc) is 2.61. The van der Waals surface area contributed by atoms with Crippen molar-refractivity contribution in [2.45, 2.75) is 39.8 Å². The fraction of sp³-hybridized carbons (Fsp3) is 0.429. The Morgan fingerprint density at radius 1 is 1.32 bits per heavy atom. The summed E-state index contributed by atoms with van der Waals surface area (Å²) in [4.78, 5) is 22.8. The highest BCUT2D eigenvalue weighted by Crippen LogP contribution is 2.31. The van der Waals surface area contributed by atoms with Crippen LogP contribution in [0.2, 0.25) is 0 Å². The summed E-state index contributed by atoms with van der Waals surface area (Å²) in [6.45, 7) is 10.6.